The summed E-state index contributed by atoms with van der Waals surface area (Å²) in [6.07, 6.45) is 12.6. The second kappa shape index (κ2) is 11.9. The van der Waals surface area contributed by atoms with Gasteiger partial charge in [-0.2, -0.15) is 0 Å². The largest absolute Gasteiger partial charge is 0.493 e. The van der Waals surface area contributed by atoms with E-state index >= 15 is 0 Å². The fraction of sp³-hybridized carbons (Fsp3) is 0.698. The Labute approximate surface area is 338 Å². The number of carbonyl (C=O) groups excluding carboxylic acids is 1. The SMILES string of the molecule is COc1ccc2c3c1OC1C(=O)CCC4(O)C(C2)N(CC2CC2)CCC314.COc1ccc2c3c1OC1CCCC4(O)C(C2)[N+](C)(CC2CC2)CCC314.[Y]. The van der Waals surface area contributed by atoms with Crippen LogP contribution in [0.15, 0.2) is 24.3 Å². The minimum atomic E-state index is -0.886. The van der Waals surface area contributed by atoms with E-state index in [0.717, 1.165) is 91.4 Å². The van der Waals surface area contributed by atoms with Crippen molar-refractivity contribution < 1.29 is 71.1 Å². The van der Waals surface area contributed by atoms with E-state index in [-0.39, 0.29) is 56.1 Å². The first-order chi connectivity index (χ1) is 25.1. The second-order valence-corrected chi connectivity index (χ2v) is 18.7. The summed E-state index contributed by atoms with van der Waals surface area (Å²) in [5, 5.41) is 24.4. The van der Waals surface area contributed by atoms with Gasteiger partial charge < -0.3 is 33.6 Å². The van der Waals surface area contributed by atoms with Crippen molar-refractivity contribution in [3.05, 3.63) is 46.5 Å². The van der Waals surface area contributed by atoms with Gasteiger partial charge in [-0.3, -0.25) is 9.69 Å². The van der Waals surface area contributed by atoms with Crippen LogP contribution in [-0.4, -0.2) is 108 Å². The molecular formula is C43H55N2O7Y+. The molecule has 4 aliphatic heterocycles. The number of rotatable bonds is 6. The van der Waals surface area contributed by atoms with E-state index in [9.17, 15) is 15.0 Å². The molecule has 10 aliphatic rings. The van der Waals surface area contributed by atoms with Crippen LogP contribution in [0.2, 0.25) is 0 Å². The first kappa shape index (κ1) is 35.7. The number of likely N-dealkylation sites (N-methyl/N-ethyl adjacent to an activating group) is 1. The van der Waals surface area contributed by atoms with Crippen molar-refractivity contribution in [1.29, 1.82) is 0 Å². The number of benzene rings is 2. The molecule has 9 atom stereocenters. The summed E-state index contributed by atoms with van der Waals surface area (Å²) in [7, 11) is 5.78. The van der Waals surface area contributed by atoms with Crippen LogP contribution in [0.4, 0.5) is 0 Å². The van der Waals surface area contributed by atoms with Gasteiger partial charge in [0.05, 0.1) is 50.8 Å². The summed E-state index contributed by atoms with van der Waals surface area (Å²) in [4.78, 5) is 15.4. The number of piperidine rings is 2. The van der Waals surface area contributed by atoms with E-state index in [1.807, 2.05) is 6.07 Å². The van der Waals surface area contributed by atoms with Crippen molar-refractivity contribution in [3.8, 4) is 23.0 Å². The molecule has 4 saturated carbocycles. The molecule has 53 heavy (non-hydrogen) atoms. The van der Waals surface area contributed by atoms with Crippen molar-refractivity contribution >= 4 is 5.78 Å². The standard InChI is InChI=1S/C22H30NO3.C21H25NO4.Y/c1-23(13-14-5-6-14)11-10-21-18-4-3-9-22(21,24)17(23)12-15-7-8-16(25-2)20(26-18)19(15)21;1-25-15-5-4-13-10-16-21(24)7-6-14(23)19-20(21,17(13)18(15)26-19)8-9-22(16)11-12-2-3-12;/h7-8,14,17-18,24H,3-6,9-13H2,1-2H3;4-5,12,16,19,24H,2-3,6-11H2,1H3;/q+1;;. The molecule has 0 amide bonds. The number of likely N-dealkylation sites (tertiary alicyclic amines) is 2. The molecule has 4 heterocycles. The molecule has 2 spiro atoms. The van der Waals surface area contributed by atoms with Gasteiger partial charge in [-0.25, -0.2) is 0 Å². The number of hydrogen-bond acceptors (Lipinski definition) is 8. The molecule has 4 bridgehead atoms. The maximum atomic E-state index is 12.8. The van der Waals surface area contributed by atoms with Crippen molar-refractivity contribution in [3.63, 3.8) is 0 Å². The molecule has 2 saturated heterocycles. The van der Waals surface area contributed by atoms with Gasteiger partial charge in [0.1, 0.15) is 17.7 Å². The third-order valence-electron chi connectivity index (χ3n) is 16.3. The van der Waals surface area contributed by atoms with Gasteiger partial charge in [0.2, 0.25) is 0 Å². The van der Waals surface area contributed by atoms with Crippen LogP contribution in [0.25, 0.3) is 0 Å². The van der Waals surface area contributed by atoms with E-state index in [1.54, 1.807) is 14.2 Å². The normalized spacial score (nSPS) is 41.8. The maximum Gasteiger partial charge on any atom is 0.174 e. The molecule has 9 nitrogen and oxygen atoms in total. The minimum absolute atomic E-state index is 0. The number of hydrogen-bond donors (Lipinski definition) is 2. The third kappa shape index (κ3) is 4.50. The number of ether oxygens (including phenoxy) is 4. The summed E-state index contributed by atoms with van der Waals surface area (Å²) in [6, 6.07) is 8.79. The predicted octanol–water partition coefficient (Wildman–Crippen LogP) is 4.62. The molecule has 12 rings (SSSR count). The van der Waals surface area contributed by atoms with Gasteiger partial charge in [-0.15, -0.1) is 0 Å². The van der Waals surface area contributed by atoms with E-state index in [1.165, 1.54) is 55.5 Å². The molecule has 2 aromatic rings. The zero-order valence-electron chi connectivity index (χ0n) is 31.7. The molecule has 2 aromatic carbocycles. The van der Waals surface area contributed by atoms with Crippen LogP contribution in [-0.2, 0) is 61.2 Å². The van der Waals surface area contributed by atoms with Gasteiger partial charge in [0.15, 0.2) is 34.9 Å². The molecule has 6 fully saturated rings. The topological polar surface area (TPSA) is 97.7 Å². The number of quaternary nitrogens is 1. The number of ketones is 1. The number of nitrogens with zero attached hydrogens (tertiary/aromatic N) is 2. The minimum Gasteiger partial charge on any atom is -0.493 e. The summed E-state index contributed by atoms with van der Waals surface area (Å²) in [5.41, 5.74) is 2.68. The Bertz CT molecular complexity index is 1880. The van der Waals surface area contributed by atoms with Crippen LogP contribution >= 0.6 is 0 Å². The van der Waals surface area contributed by atoms with Gasteiger partial charge >= 0.3 is 0 Å². The number of aliphatic hydroxyl groups is 2. The average molecular weight is 801 g/mol. The maximum absolute atomic E-state index is 12.8. The average Bonchev–Trinajstić information content (AvgIpc) is 4.06. The van der Waals surface area contributed by atoms with Gasteiger partial charge in [-0.05, 0) is 99.9 Å². The second-order valence-electron chi connectivity index (χ2n) is 18.7. The van der Waals surface area contributed by atoms with Crippen molar-refractivity contribution in [2.45, 2.75) is 130 Å². The first-order valence-corrected chi connectivity index (χ1v) is 20.4. The Hall–Kier alpha value is -1.75. The Balaban J connectivity index is 0.000000129. The number of Topliss-reactive ketones (excluding diaryl/α,β-unsaturated/α-hetero) is 1. The van der Waals surface area contributed by atoms with E-state index < -0.39 is 22.7 Å². The van der Waals surface area contributed by atoms with E-state index in [4.69, 9.17) is 18.9 Å². The fourth-order valence-electron chi connectivity index (χ4n) is 13.7. The van der Waals surface area contributed by atoms with E-state index in [2.05, 4.69) is 30.1 Å². The molecule has 2 N–H and O–H groups in total. The molecule has 1 radical (unpaired) electrons. The Kier molecular flexibility index (Phi) is 8.00. The number of carbonyl (C=O) groups is 1. The smallest absolute Gasteiger partial charge is 0.174 e. The van der Waals surface area contributed by atoms with Crippen molar-refractivity contribution in [1.82, 2.24) is 4.90 Å². The zero-order chi connectivity index (χ0) is 35.4. The monoisotopic (exact) mass is 800 g/mol. The van der Waals surface area contributed by atoms with Gasteiger partial charge in [-0.1, -0.05) is 12.1 Å². The van der Waals surface area contributed by atoms with Crippen LogP contribution in [0.1, 0.15) is 92.9 Å². The Morgan fingerprint density at radius 3 is 2.21 bits per heavy atom. The zero-order valence-corrected chi connectivity index (χ0v) is 34.5. The fourth-order valence-corrected chi connectivity index (χ4v) is 13.7. The summed E-state index contributed by atoms with van der Waals surface area (Å²) in [5.74, 6) is 4.97. The van der Waals surface area contributed by atoms with E-state index in [0.29, 0.717) is 30.4 Å². The molecule has 10 heteroatoms. The molecule has 281 valence electrons. The van der Waals surface area contributed by atoms with Crippen LogP contribution in [0.5, 0.6) is 23.0 Å². The van der Waals surface area contributed by atoms with Gasteiger partial charge in [0.25, 0.3) is 0 Å². The third-order valence-corrected chi connectivity index (χ3v) is 16.3. The molecule has 6 aliphatic carbocycles. The van der Waals surface area contributed by atoms with Crippen molar-refractivity contribution in [2.24, 2.45) is 11.8 Å². The molecular weight excluding hydrogens is 745 g/mol. The first-order valence-electron chi connectivity index (χ1n) is 20.4. The Morgan fingerprint density at radius 1 is 0.830 bits per heavy atom. The predicted molar refractivity (Wildman–Crippen MR) is 193 cm³/mol. The summed E-state index contributed by atoms with van der Waals surface area (Å²) in [6.45, 7) is 4.43. The number of methoxy groups -OCH3 is 2. The molecule has 9 unspecified atom stereocenters. The van der Waals surface area contributed by atoms with Crippen LogP contribution in [0, 0.1) is 11.8 Å². The van der Waals surface area contributed by atoms with Crippen LogP contribution < -0.4 is 18.9 Å². The summed E-state index contributed by atoms with van der Waals surface area (Å²) < 4.78 is 25.0. The van der Waals surface area contributed by atoms with Crippen molar-refractivity contribution in [2.75, 3.05) is 47.4 Å². The molecule has 0 aromatic heterocycles. The quantitative estimate of drug-likeness (QED) is 0.409. The van der Waals surface area contributed by atoms with Crippen LogP contribution in [0.3, 0.4) is 0 Å². The summed E-state index contributed by atoms with van der Waals surface area (Å²) >= 11 is 0. The van der Waals surface area contributed by atoms with Gasteiger partial charge in [0, 0.05) is 81.6 Å². The Morgan fingerprint density at radius 2 is 1.51 bits per heavy atom.